The second kappa shape index (κ2) is 9.34. The minimum Gasteiger partial charge on any atom is -1.00 e. The van der Waals surface area contributed by atoms with Gasteiger partial charge in [-0.25, -0.2) is 0 Å². The Morgan fingerprint density at radius 2 is 1.50 bits per heavy atom. The number of anilines is 1. The van der Waals surface area contributed by atoms with Crippen LogP contribution in [0.1, 0.15) is 27.7 Å². The predicted octanol–water partition coefficient (Wildman–Crippen LogP) is -0.990. The summed E-state index contributed by atoms with van der Waals surface area (Å²) >= 11 is -0.0860. The molecular formula is C17H24Cl2NSiTi. The molecule has 1 aliphatic carbocycles. The van der Waals surface area contributed by atoms with Crippen molar-refractivity contribution in [2.24, 2.45) is 5.92 Å². The van der Waals surface area contributed by atoms with Crippen LogP contribution in [0.5, 0.6) is 0 Å². The average Bonchev–Trinajstić information content (AvgIpc) is 2.62. The maximum atomic E-state index is 2.69. The molecule has 0 N–H and O–H groups in total. The molecule has 1 aromatic rings. The molecule has 1 aliphatic rings. The fraction of sp³-hybridized carbons (Fsp3) is 0.412. The molecule has 1 unspecified atom stereocenters. The van der Waals surface area contributed by atoms with Crippen LogP contribution in [-0.2, 0) is 18.1 Å². The van der Waals surface area contributed by atoms with Crippen molar-refractivity contribution in [1.29, 1.82) is 0 Å². The molecule has 0 bridgehead atoms. The molecule has 0 aliphatic heterocycles. The number of hydrogen-bond donors (Lipinski definition) is 0. The summed E-state index contributed by atoms with van der Waals surface area (Å²) in [6.45, 7) is 14.1. The van der Waals surface area contributed by atoms with E-state index in [9.17, 15) is 0 Å². The normalized spacial score (nSPS) is 16.7. The fourth-order valence-electron chi connectivity index (χ4n) is 2.77. The van der Waals surface area contributed by atoms with Crippen LogP contribution in [0.15, 0.2) is 52.7 Å². The Morgan fingerprint density at radius 3 is 1.91 bits per heavy atom. The molecule has 1 aromatic carbocycles. The second-order valence-electron chi connectivity index (χ2n) is 5.82. The van der Waals surface area contributed by atoms with Crippen LogP contribution in [0, 0.1) is 5.92 Å². The largest absolute Gasteiger partial charge is 1.00 e. The van der Waals surface area contributed by atoms with Crippen molar-refractivity contribution >= 4 is 11.9 Å². The number of para-hydroxylation sites is 1. The minimum absolute atomic E-state index is 0. The van der Waals surface area contributed by atoms with Gasteiger partial charge in [-0.15, -0.1) is 0 Å². The second-order valence-corrected chi connectivity index (χ2v) is 14.5. The van der Waals surface area contributed by atoms with Crippen LogP contribution in [-0.4, -0.2) is 6.19 Å². The van der Waals surface area contributed by atoms with Crippen molar-refractivity contribution in [3.8, 4) is 0 Å². The van der Waals surface area contributed by atoms with Gasteiger partial charge in [-0.05, 0) is 0 Å². The summed E-state index contributed by atoms with van der Waals surface area (Å²) in [5.74, 6) is 0.570. The molecular weight excluding hydrogens is 365 g/mol. The van der Waals surface area contributed by atoms with Crippen molar-refractivity contribution < 1.29 is 43.0 Å². The van der Waals surface area contributed by atoms with E-state index in [2.05, 4.69) is 74.5 Å². The molecule has 1 nitrogen and oxygen atoms in total. The molecule has 22 heavy (non-hydrogen) atoms. The summed E-state index contributed by atoms with van der Waals surface area (Å²) in [5, 5.41) is 0. The molecule has 0 saturated heterocycles. The van der Waals surface area contributed by atoms with Gasteiger partial charge in [0.15, 0.2) is 0 Å². The third-order valence-corrected chi connectivity index (χ3v) is 8.78. The maximum absolute atomic E-state index is 2.69. The quantitative estimate of drug-likeness (QED) is 0.601. The maximum Gasteiger partial charge on any atom is -1.00 e. The van der Waals surface area contributed by atoms with Crippen LogP contribution in [0.4, 0.5) is 5.69 Å². The summed E-state index contributed by atoms with van der Waals surface area (Å²) < 4.78 is 2.69. The zero-order chi connectivity index (χ0) is 14.9. The van der Waals surface area contributed by atoms with E-state index in [1.54, 1.807) is 11.3 Å². The smallest absolute Gasteiger partial charge is 1.00 e. The summed E-state index contributed by atoms with van der Waals surface area (Å²) in [5.41, 5.74) is 7.51. The van der Waals surface area contributed by atoms with Gasteiger partial charge in [0.2, 0.25) is 0 Å². The van der Waals surface area contributed by atoms with Gasteiger partial charge in [0.25, 0.3) is 0 Å². The van der Waals surface area contributed by atoms with Crippen LogP contribution in [0.25, 0.3) is 0 Å². The Hall–Kier alpha value is 0.0112. The molecule has 0 heterocycles. The van der Waals surface area contributed by atoms with Gasteiger partial charge in [-0.3, -0.25) is 0 Å². The molecule has 0 aromatic heterocycles. The Morgan fingerprint density at radius 1 is 0.955 bits per heavy atom. The fourth-order valence-corrected chi connectivity index (χ4v) is 7.53. The molecule has 0 spiro atoms. The van der Waals surface area contributed by atoms with Gasteiger partial charge in [-0.2, -0.15) is 0 Å². The SMILES string of the molecule is CC1=C(C)C(C)C([N]([Ti+2]=[Si](C)C)c2ccccc2)=C1C.[Cl-].[Cl-]. The van der Waals surface area contributed by atoms with Crippen molar-refractivity contribution in [1.82, 2.24) is 0 Å². The number of rotatable bonds is 3. The first-order chi connectivity index (χ1) is 9.43. The Labute approximate surface area is 157 Å². The summed E-state index contributed by atoms with van der Waals surface area (Å²) in [4.78, 5) is 0. The van der Waals surface area contributed by atoms with Gasteiger partial charge >= 0.3 is 133 Å². The molecule has 1 atom stereocenters. The summed E-state index contributed by atoms with van der Waals surface area (Å²) in [6, 6.07) is 11.0. The van der Waals surface area contributed by atoms with Gasteiger partial charge in [0.1, 0.15) is 0 Å². The molecule has 5 heteroatoms. The minimum atomic E-state index is -0.200. The number of hydrogen-bond acceptors (Lipinski definition) is 1. The van der Waals surface area contributed by atoms with Gasteiger partial charge in [0.05, 0.1) is 0 Å². The van der Waals surface area contributed by atoms with E-state index in [0.717, 1.165) is 0 Å². The molecule has 0 fully saturated rings. The Kier molecular flexibility index (Phi) is 9.35. The first-order valence-corrected chi connectivity index (χ1v) is 12.8. The zero-order valence-electron chi connectivity index (χ0n) is 14.2. The Balaban J connectivity index is 0.00000220. The number of nitrogens with zero attached hydrogens (tertiary/aromatic N) is 1. The van der Waals surface area contributed by atoms with E-state index in [-0.39, 0.29) is 49.1 Å². The summed E-state index contributed by atoms with van der Waals surface area (Å²) in [7, 11) is 0. The van der Waals surface area contributed by atoms with Crippen molar-refractivity contribution in [2.75, 3.05) is 3.38 Å². The number of allylic oxidation sites excluding steroid dienone is 3. The van der Waals surface area contributed by atoms with E-state index in [0.29, 0.717) is 5.92 Å². The number of benzene rings is 1. The van der Waals surface area contributed by atoms with E-state index in [1.165, 1.54) is 16.8 Å². The van der Waals surface area contributed by atoms with Gasteiger partial charge < -0.3 is 24.8 Å². The molecule has 0 saturated carbocycles. The third kappa shape index (κ3) is 4.52. The molecule has 2 rings (SSSR count). The number of halogens is 2. The standard InChI is InChI=1S/C15H18N.C2H6Si.2ClH.Ti/c1-10-11(2)13(4)15(12(10)3)16-14-8-6-5-7-9-14;1-3-2;;;/h5-9,12H,1-4H3;1-2H3;2*1H;/q-1;;;;+3/p-2. The van der Waals surface area contributed by atoms with Crippen LogP contribution >= 0.6 is 0 Å². The van der Waals surface area contributed by atoms with Crippen LogP contribution in [0.3, 0.4) is 0 Å². The van der Waals surface area contributed by atoms with Crippen molar-refractivity contribution in [3.63, 3.8) is 0 Å². The van der Waals surface area contributed by atoms with Gasteiger partial charge in [-0.1, -0.05) is 0 Å². The Bertz CT molecular complexity index is 604. The van der Waals surface area contributed by atoms with Gasteiger partial charge in [0, 0.05) is 0 Å². The molecule has 0 amide bonds. The third-order valence-electron chi connectivity index (χ3n) is 4.19. The van der Waals surface area contributed by atoms with E-state index < -0.39 is 0 Å². The van der Waals surface area contributed by atoms with Crippen LogP contribution in [0.2, 0.25) is 13.1 Å². The van der Waals surface area contributed by atoms with E-state index >= 15 is 0 Å². The average molecular weight is 389 g/mol. The first kappa shape index (κ1) is 22.0. The van der Waals surface area contributed by atoms with Crippen molar-refractivity contribution in [2.45, 2.75) is 40.8 Å². The summed E-state index contributed by atoms with van der Waals surface area (Å²) in [6.07, 6.45) is -0.200. The monoisotopic (exact) mass is 388 g/mol. The molecule has 119 valence electrons. The van der Waals surface area contributed by atoms with Crippen molar-refractivity contribution in [3.05, 3.63) is 52.7 Å². The topological polar surface area (TPSA) is 3.24 Å². The van der Waals surface area contributed by atoms with Crippen LogP contribution < -0.4 is 28.2 Å². The molecule has 0 radical (unpaired) electrons. The first-order valence-electron chi connectivity index (χ1n) is 7.24. The zero-order valence-corrected chi connectivity index (χ0v) is 18.2. The van der Waals surface area contributed by atoms with E-state index in [1.807, 2.05) is 0 Å². The predicted molar refractivity (Wildman–Crippen MR) is 86.6 cm³/mol. The van der Waals surface area contributed by atoms with E-state index in [4.69, 9.17) is 0 Å².